The van der Waals surface area contributed by atoms with Crippen LogP contribution in [0, 0.1) is 6.92 Å². The summed E-state index contributed by atoms with van der Waals surface area (Å²) >= 11 is 0. The van der Waals surface area contributed by atoms with E-state index in [1.54, 1.807) is 0 Å². The summed E-state index contributed by atoms with van der Waals surface area (Å²) in [5.41, 5.74) is 0. The molecule has 1 heterocycles. The van der Waals surface area contributed by atoms with Crippen LogP contribution in [0.5, 0.6) is 0 Å². The maximum Gasteiger partial charge on any atom is 0.0812 e. The van der Waals surface area contributed by atoms with Gasteiger partial charge in [-0.1, -0.05) is 0 Å². The summed E-state index contributed by atoms with van der Waals surface area (Å²) in [7, 11) is 0. The van der Waals surface area contributed by atoms with Crippen LogP contribution in [0.15, 0.2) is 0 Å². The number of hydrogen-bond acceptors (Lipinski definition) is 2. The zero-order chi connectivity index (χ0) is 5.82. The molecule has 46 valence electrons. The monoisotopic (exact) mass is 114 g/mol. The summed E-state index contributed by atoms with van der Waals surface area (Å²) in [6, 6.07) is 0. The van der Waals surface area contributed by atoms with Crippen LogP contribution in [-0.4, -0.2) is 25.9 Å². The van der Waals surface area contributed by atoms with Crippen molar-refractivity contribution in [1.29, 1.82) is 0 Å². The van der Waals surface area contributed by atoms with Gasteiger partial charge in [0.2, 0.25) is 0 Å². The van der Waals surface area contributed by atoms with Crippen molar-refractivity contribution in [3.05, 3.63) is 6.92 Å². The van der Waals surface area contributed by atoms with Gasteiger partial charge in [-0.3, -0.25) is 0 Å². The highest BCUT2D eigenvalue weighted by Crippen LogP contribution is 2.02. The maximum absolute atomic E-state index is 5.30. The van der Waals surface area contributed by atoms with Crippen molar-refractivity contribution in [2.45, 2.75) is 12.5 Å². The molecule has 1 rings (SSSR count). The molecule has 2 heteroatoms. The average Bonchev–Trinajstić information content (AvgIpc) is 1.90. The van der Waals surface area contributed by atoms with Crippen molar-refractivity contribution in [2.24, 2.45) is 0 Å². The first-order valence-electron chi connectivity index (χ1n) is 2.83. The van der Waals surface area contributed by atoms with Crippen LogP contribution >= 0.6 is 0 Å². The fraction of sp³-hybridized carbons (Fsp3) is 0.833. The number of ether oxygens (including phenoxy) is 2. The van der Waals surface area contributed by atoms with Crippen molar-refractivity contribution in [1.82, 2.24) is 0 Å². The molecule has 1 saturated heterocycles. The molecule has 8 heavy (non-hydrogen) atoms. The van der Waals surface area contributed by atoms with Gasteiger partial charge in [0.15, 0.2) is 0 Å². The quantitative estimate of drug-likeness (QED) is 0.494. The standard InChI is InChI=1S/C6H10O2/c1-2-6-5-7-3-4-8-6/h1,6H,2-5H2. The molecule has 2 nitrogen and oxygen atoms in total. The zero-order valence-electron chi connectivity index (χ0n) is 4.80. The van der Waals surface area contributed by atoms with Crippen molar-refractivity contribution >= 4 is 0 Å². The lowest BCUT2D eigenvalue weighted by Crippen LogP contribution is -2.27. The lowest BCUT2D eigenvalue weighted by atomic mass is 10.3. The van der Waals surface area contributed by atoms with E-state index in [9.17, 15) is 0 Å². The van der Waals surface area contributed by atoms with Crippen LogP contribution in [0.1, 0.15) is 6.42 Å². The van der Waals surface area contributed by atoms with Gasteiger partial charge in [0.25, 0.3) is 0 Å². The second-order valence-corrected chi connectivity index (χ2v) is 1.80. The molecule has 0 spiro atoms. The van der Waals surface area contributed by atoms with E-state index in [0.717, 1.165) is 6.61 Å². The van der Waals surface area contributed by atoms with Gasteiger partial charge < -0.3 is 9.47 Å². The van der Waals surface area contributed by atoms with Gasteiger partial charge in [-0.25, -0.2) is 0 Å². The fourth-order valence-corrected chi connectivity index (χ4v) is 0.673. The van der Waals surface area contributed by atoms with Crippen molar-refractivity contribution in [2.75, 3.05) is 19.8 Å². The van der Waals surface area contributed by atoms with Gasteiger partial charge in [0, 0.05) is 0 Å². The fourth-order valence-electron chi connectivity index (χ4n) is 0.673. The number of rotatable bonds is 1. The smallest absolute Gasteiger partial charge is 0.0812 e. The zero-order valence-corrected chi connectivity index (χ0v) is 4.80. The topological polar surface area (TPSA) is 18.5 Å². The highest BCUT2D eigenvalue weighted by molar-refractivity contribution is 4.60. The van der Waals surface area contributed by atoms with Gasteiger partial charge in [0.05, 0.1) is 25.9 Å². The van der Waals surface area contributed by atoms with Gasteiger partial charge in [-0.15, -0.1) is 0 Å². The Morgan fingerprint density at radius 3 is 2.75 bits per heavy atom. The molecule has 1 fully saturated rings. The Kier molecular flexibility index (Phi) is 2.30. The highest BCUT2D eigenvalue weighted by atomic mass is 16.6. The third-order valence-corrected chi connectivity index (χ3v) is 1.15. The molecule has 0 aromatic rings. The largest absolute Gasteiger partial charge is 0.376 e. The van der Waals surface area contributed by atoms with E-state index in [2.05, 4.69) is 0 Å². The molecular weight excluding hydrogens is 104 g/mol. The molecule has 1 unspecified atom stereocenters. The second-order valence-electron chi connectivity index (χ2n) is 1.80. The Morgan fingerprint density at radius 2 is 2.38 bits per heavy atom. The van der Waals surface area contributed by atoms with Crippen LogP contribution in [0.25, 0.3) is 0 Å². The van der Waals surface area contributed by atoms with Crippen LogP contribution in [0.4, 0.5) is 0 Å². The van der Waals surface area contributed by atoms with E-state index < -0.39 is 0 Å². The Balaban J connectivity index is 2.13. The molecule has 0 aliphatic carbocycles. The third kappa shape index (κ3) is 1.46. The van der Waals surface area contributed by atoms with E-state index in [1.165, 1.54) is 0 Å². The van der Waals surface area contributed by atoms with Gasteiger partial charge in [0.1, 0.15) is 0 Å². The van der Waals surface area contributed by atoms with Gasteiger partial charge in [-0.05, 0) is 13.3 Å². The Morgan fingerprint density at radius 1 is 1.50 bits per heavy atom. The lowest BCUT2D eigenvalue weighted by Gasteiger charge is -2.20. The van der Waals surface area contributed by atoms with Gasteiger partial charge in [-0.2, -0.15) is 0 Å². The maximum atomic E-state index is 5.30. The van der Waals surface area contributed by atoms with Crippen LogP contribution in [-0.2, 0) is 9.47 Å². The molecular formula is C6H10O2. The summed E-state index contributed by atoms with van der Waals surface area (Å²) in [5.74, 6) is 0. The molecule has 1 aliphatic heterocycles. The summed E-state index contributed by atoms with van der Waals surface area (Å²) in [6.07, 6.45) is 0.712. The molecule has 0 bridgehead atoms. The van der Waals surface area contributed by atoms with Crippen molar-refractivity contribution in [3.63, 3.8) is 0 Å². The average molecular weight is 114 g/mol. The third-order valence-electron chi connectivity index (χ3n) is 1.15. The molecule has 1 atom stereocenters. The lowest BCUT2D eigenvalue weighted by molar-refractivity contribution is -0.0864. The molecule has 0 saturated carbocycles. The second kappa shape index (κ2) is 3.05. The van der Waals surface area contributed by atoms with E-state index in [4.69, 9.17) is 16.4 Å². The molecule has 0 N–H and O–H groups in total. The van der Waals surface area contributed by atoms with E-state index in [-0.39, 0.29) is 6.10 Å². The van der Waals surface area contributed by atoms with Crippen LogP contribution in [0.3, 0.4) is 0 Å². The SMILES string of the molecule is [CH]CC1COCCO1. The van der Waals surface area contributed by atoms with Crippen LogP contribution < -0.4 is 0 Å². The Bertz CT molecular complexity index is 57.5. The Labute approximate surface area is 49.8 Å². The van der Waals surface area contributed by atoms with E-state index in [0.29, 0.717) is 19.6 Å². The van der Waals surface area contributed by atoms with E-state index >= 15 is 0 Å². The minimum atomic E-state index is 0.142. The van der Waals surface area contributed by atoms with Crippen molar-refractivity contribution < 1.29 is 9.47 Å². The molecule has 1 aliphatic rings. The summed E-state index contributed by atoms with van der Waals surface area (Å²) < 4.78 is 10.2. The van der Waals surface area contributed by atoms with Crippen molar-refractivity contribution in [3.8, 4) is 0 Å². The highest BCUT2D eigenvalue weighted by Gasteiger charge is 2.10. The minimum absolute atomic E-state index is 0.142. The van der Waals surface area contributed by atoms with Gasteiger partial charge >= 0.3 is 0 Å². The predicted molar refractivity (Wildman–Crippen MR) is 29.5 cm³/mol. The summed E-state index contributed by atoms with van der Waals surface area (Å²) in [5, 5.41) is 0. The minimum Gasteiger partial charge on any atom is -0.376 e. The predicted octanol–water partition coefficient (Wildman–Crippen LogP) is 0.503. The Hall–Kier alpha value is -0.0800. The summed E-state index contributed by atoms with van der Waals surface area (Å²) in [6.45, 7) is 7.38. The first-order chi connectivity index (χ1) is 3.93. The molecule has 2 radical (unpaired) electrons. The number of hydrogen-bond donors (Lipinski definition) is 0. The van der Waals surface area contributed by atoms with E-state index in [1.807, 2.05) is 0 Å². The van der Waals surface area contributed by atoms with Crippen LogP contribution in [0.2, 0.25) is 0 Å². The molecule has 0 aromatic carbocycles. The molecule has 0 amide bonds. The first-order valence-corrected chi connectivity index (χ1v) is 2.83. The molecule has 0 aromatic heterocycles. The first kappa shape index (κ1) is 6.05. The summed E-state index contributed by atoms with van der Waals surface area (Å²) in [4.78, 5) is 0. The normalized spacial score (nSPS) is 30.4.